The van der Waals surface area contributed by atoms with Gasteiger partial charge in [0.2, 0.25) is 0 Å². The SMILES string of the molecule is CCN(CC1CCCN1)c1ccc(Cl)cc1[N+](=O)[O-]. The largest absolute Gasteiger partial charge is 0.365 e. The maximum absolute atomic E-state index is 11.1. The number of rotatable bonds is 5. The molecule has 19 heavy (non-hydrogen) atoms. The van der Waals surface area contributed by atoms with Crippen LogP contribution in [-0.2, 0) is 0 Å². The second-order valence-corrected chi connectivity index (χ2v) is 5.16. The van der Waals surface area contributed by atoms with E-state index in [1.807, 2.05) is 11.8 Å². The molecule has 0 bridgehead atoms. The summed E-state index contributed by atoms with van der Waals surface area (Å²) in [5.74, 6) is 0. The monoisotopic (exact) mass is 283 g/mol. The highest BCUT2D eigenvalue weighted by Gasteiger charge is 2.23. The Morgan fingerprint density at radius 1 is 1.58 bits per heavy atom. The number of hydrogen-bond acceptors (Lipinski definition) is 4. The number of nitro benzene ring substituents is 1. The molecule has 0 radical (unpaired) electrons. The van der Waals surface area contributed by atoms with Crippen molar-refractivity contribution in [3.63, 3.8) is 0 Å². The van der Waals surface area contributed by atoms with Gasteiger partial charge in [0.25, 0.3) is 5.69 Å². The summed E-state index contributed by atoms with van der Waals surface area (Å²) in [6.45, 7) is 4.57. The average molecular weight is 284 g/mol. The van der Waals surface area contributed by atoms with Crippen LogP contribution in [0.2, 0.25) is 5.02 Å². The number of anilines is 1. The first-order chi connectivity index (χ1) is 9.11. The zero-order valence-electron chi connectivity index (χ0n) is 10.9. The lowest BCUT2D eigenvalue weighted by Gasteiger charge is -2.26. The minimum Gasteiger partial charge on any atom is -0.365 e. The Balaban J connectivity index is 2.23. The van der Waals surface area contributed by atoms with Crippen molar-refractivity contribution in [1.29, 1.82) is 0 Å². The van der Waals surface area contributed by atoms with Gasteiger partial charge in [-0.2, -0.15) is 0 Å². The summed E-state index contributed by atoms with van der Waals surface area (Å²) in [7, 11) is 0. The van der Waals surface area contributed by atoms with Gasteiger partial charge in [0.05, 0.1) is 4.92 Å². The Morgan fingerprint density at radius 2 is 2.37 bits per heavy atom. The molecule has 2 rings (SSSR count). The van der Waals surface area contributed by atoms with Gasteiger partial charge < -0.3 is 10.2 Å². The molecule has 1 unspecified atom stereocenters. The number of benzene rings is 1. The predicted molar refractivity (Wildman–Crippen MR) is 77.0 cm³/mol. The van der Waals surface area contributed by atoms with Crippen LogP contribution in [0.15, 0.2) is 18.2 Å². The summed E-state index contributed by atoms with van der Waals surface area (Å²) < 4.78 is 0. The number of nitrogens with zero attached hydrogens (tertiary/aromatic N) is 2. The fraction of sp³-hybridized carbons (Fsp3) is 0.538. The molecule has 1 aliphatic rings. The molecule has 0 amide bonds. The summed E-state index contributed by atoms with van der Waals surface area (Å²) in [5, 5.41) is 14.9. The molecule has 1 atom stereocenters. The number of likely N-dealkylation sites (N-methyl/N-ethyl adjacent to an activating group) is 1. The highest BCUT2D eigenvalue weighted by atomic mass is 35.5. The topological polar surface area (TPSA) is 58.4 Å². The third kappa shape index (κ3) is 3.36. The van der Waals surface area contributed by atoms with Gasteiger partial charge in [-0.15, -0.1) is 0 Å². The molecule has 0 saturated carbocycles. The smallest absolute Gasteiger partial charge is 0.294 e. The van der Waals surface area contributed by atoms with Crippen LogP contribution in [0.4, 0.5) is 11.4 Å². The van der Waals surface area contributed by atoms with Crippen LogP contribution in [0, 0.1) is 10.1 Å². The molecule has 1 saturated heterocycles. The van der Waals surface area contributed by atoms with Crippen LogP contribution in [0.3, 0.4) is 0 Å². The standard InChI is InChI=1S/C13H18ClN3O2/c1-2-16(9-11-4-3-7-15-11)12-6-5-10(14)8-13(12)17(18)19/h5-6,8,11,15H,2-4,7,9H2,1H3. The van der Waals surface area contributed by atoms with Crippen LogP contribution in [-0.4, -0.2) is 30.6 Å². The number of nitro groups is 1. The molecule has 1 aliphatic heterocycles. The van der Waals surface area contributed by atoms with Gasteiger partial charge in [0, 0.05) is 30.2 Å². The molecular formula is C13H18ClN3O2. The molecule has 6 heteroatoms. The van der Waals surface area contributed by atoms with Crippen LogP contribution >= 0.6 is 11.6 Å². The maximum atomic E-state index is 11.1. The fourth-order valence-electron chi connectivity index (χ4n) is 2.49. The lowest BCUT2D eigenvalue weighted by molar-refractivity contribution is -0.384. The maximum Gasteiger partial charge on any atom is 0.294 e. The van der Waals surface area contributed by atoms with E-state index in [1.54, 1.807) is 12.1 Å². The number of nitrogens with one attached hydrogen (secondary N) is 1. The van der Waals surface area contributed by atoms with E-state index in [0.717, 1.165) is 26.1 Å². The lowest BCUT2D eigenvalue weighted by atomic mass is 10.2. The van der Waals surface area contributed by atoms with Crippen LogP contribution in [0.1, 0.15) is 19.8 Å². The van der Waals surface area contributed by atoms with E-state index in [4.69, 9.17) is 11.6 Å². The Hall–Kier alpha value is -1.33. The molecule has 0 aromatic heterocycles. The van der Waals surface area contributed by atoms with E-state index in [2.05, 4.69) is 5.32 Å². The first-order valence-corrected chi connectivity index (χ1v) is 6.92. The predicted octanol–water partition coefficient (Wildman–Crippen LogP) is 2.83. The average Bonchev–Trinajstić information content (AvgIpc) is 2.89. The summed E-state index contributed by atoms with van der Waals surface area (Å²) in [5.41, 5.74) is 0.720. The summed E-state index contributed by atoms with van der Waals surface area (Å²) in [6.07, 6.45) is 2.29. The van der Waals surface area contributed by atoms with Crippen LogP contribution in [0.5, 0.6) is 0 Å². The minimum atomic E-state index is -0.369. The Bertz CT molecular complexity index is 461. The highest BCUT2D eigenvalue weighted by Crippen LogP contribution is 2.31. The zero-order valence-corrected chi connectivity index (χ0v) is 11.7. The van der Waals surface area contributed by atoms with Crippen molar-refractivity contribution < 1.29 is 4.92 Å². The van der Waals surface area contributed by atoms with Gasteiger partial charge in [-0.3, -0.25) is 10.1 Å². The summed E-state index contributed by atoms with van der Waals surface area (Å²) >= 11 is 5.84. The Labute approximate surface area is 117 Å². The van der Waals surface area contributed by atoms with E-state index in [9.17, 15) is 10.1 Å². The van der Waals surface area contributed by atoms with E-state index in [1.165, 1.54) is 12.5 Å². The van der Waals surface area contributed by atoms with Crippen LogP contribution < -0.4 is 10.2 Å². The van der Waals surface area contributed by atoms with Crippen molar-refractivity contribution >= 4 is 23.0 Å². The van der Waals surface area contributed by atoms with Gasteiger partial charge in [0.1, 0.15) is 5.69 Å². The van der Waals surface area contributed by atoms with Gasteiger partial charge in [0.15, 0.2) is 0 Å². The van der Waals surface area contributed by atoms with E-state index in [-0.39, 0.29) is 10.6 Å². The second kappa shape index (κ2) is 6.21. The first kappa shape index (κ1) is 14.1. The van der Waals surface area contributed by atoms with Crippen molar-refractivity contribution in [1.82, 2.24) is 5.32 Å². The third-order valence-electron chi connectivity index (χ3n) is 3.46. The van der Waals surface area contributed by atoms with Crippen molar-refractivity contribution in [2.75, 3.05) is 24.5 Å². The van der Waals surface area contributed by atoms with Gasteiger partial charge in [-0.05, 0) is 38.4 Å². The second-order valence-electron chi connectivity index (χ2n) is 4.72. The molecule has 104 valence electrons. The molecule has 1 heterocycles. The van der Waals surface area contributed by atoms with Crippen molar-refractivity contribution in [3.05, 3.63) is 33.3 Å². The number of hydrogen-bond donors (Lipinski definition) is 1. The Morgan fingerprint density at radius 3 is 2.95 bits per heavy atom. The fourth-order valence-corrected chi connectivity index (χ4v) is 2.65. The third-order valence-corrected chi connectivity index (χ3v) is 3.69. The molecule has 0 spiro atoms. The van der Waals surface area contributed by atoms with Crippen molar-refractivity contribution in [2.45, 2.75) is 25.8 Å². The molecule has 0 aliphatic carbocycles. The highest BCUT2D eigenvalue weighted by molar-refractivity contribution is 6.30. The lowest BCUT2D eigenvalue weighted by Crippen LogP contribution is -2.37. The summed E-state index contributed by atoms with van der Waals surface area (Å²) in [4.78, 5) is 12.8. The molecule has 1 N–H and O–H groups in total. The van der Waals surface area contributed by atoms with E-state index in [0.29, 0.717) is 16.8 Å². The van der Waals surface area contributed by atoms with Gasteiger partial charge in [-0.25, -0.2) is 0 Å². The quantitative estimate of drug-likeness (QED) is 0.667. The molecule has 1 aromatic carbocycles. The number of halogens is 1. The minimum absolute atomic E-state index is 0.0762. The van der Waals surface area contributed by atoms with Gasteiger partial charge >= 0.3 is 0 Å². The molecular weight excluding hydrogens is 266 g/mol. The normalized spacial score (nSPS) is 18.5. The van der Waals surface area contributed by atoms with Crippen LogP contribution in [0.25, 0.3) is 0 Å². The van der Waals surface area contributed by atoms with E-state index < -0.39 is 0 Å². The van der Waals surface area contributed by atoms with Crippen molar-refractivity contribution in [2.24, 2.45) is 0 Å². The first-order valence-electron chi connectivity index (χ1n) is 6.54. The Kier molecular flexibility index (Phi) is 4.61. The molecule has 1 aromatic rings. The molecule has 1 fully saturated rings. The van der Waals surface area contributed by atoms with E-state index >= 15 is 0 Å². The molecule has 5 nitrogen and oxygen atoms in total. The summed E-state index contributed by atoms with van der Waals surface area (Å²) in [6, 6.07) is 5.27. The van der Waals surface area contributed by atoms with Gasteiger partial charge in [-0.1, -0.05) is 11.6 Å². The van der Waals surface area contributed by atoms with Crippen molar-refractivity contribution in [3.8, 4) is 0 Å². The zero-order chi connectivity index (χ0) is 13.8.